The monoisotopic (exact) mass is 214 g/mol. The van der Waals surface area contributed by atoms with E-state index in [1.807, 2.05) is 0 Å². The molecule has 2 N–H and O–H groups in total. The van der Waals surface area contributed by atoms with Crippen molar-refractivity contribution in [3.63, 3.8) is 0 Å². The number of amides is 3. The van der Waals surface area contributed by atoms with Crippen LogP contribution in [-0.4, -0.2) is 30.1 Å². The van der Waals surface area contributed by atoms with Gasteiger partial charge in [0.1, 0.15) is 5.54 Å². The largest absolute Gasteiger partial charge is 0.466 e. The van der Waals surface area contributed by atoms with Gasteiger partial charge in [0.05, 0.1) is 6.61 Å². The molecule has 15 heavy (non-hydrogen) atoms. The first-order chi connectivity index (χ1) is 6.98. The van der Waals surface area contributed by atoms with E-state index in [0.29, 0.717) is 6.61 Å². The molecule has 0 aromatic heterocycles. The van der Waals surface area contributed by atoms with Gasteiger partial charge in [-0.2, -0.15) is 0 Å². The van der Waals surface area contributed by atoms with Gasteiger partial charge in [0.2, 0.25) is 0 Å². The molecule has 0 unspecified atom stereocenters. The van der Waals surface area contributed by atoms with Crippen LogP contribution in [0.5, 0.6) is 0 Å². The Morgan fingerprint density at radius 1 is 1.47 bits per heavy atom. The fourth-order valence-corrected chi connectivity index (χ4v) is 1.34. The SMILES string of the molecule is CCOC(=O)CC[C@@]1(C)NC(=O)NC1=O. The summed E-state index contributed by atoms with van der Waals surface area (Å²) in [6, 6.07) is -0.522. The van der Waals surface area contributed by atoms with Gasteiger partial charge < -0.3 is 10.1 Å². The van der Waals surface area contributed by atoms with Gasteiger partial charge in [-0.15, -0.1) is 0 Å². The van der Waals surface area contributed by atoms with Crippen molar-refractivity contribution in [2.45, 2.75) is 32.2 Å². The number of hydrogen-bond acceptors (Lipinski definition) is 4. The fourth-order valence-electron chi connectivity index (χ4n) is 1.34. The highest BCUT2D eigenvalue weighted by molar-refractivity contribution is 6.06. The van der Waals surface area contributed by atoms with Crippen LogP contribution in [0.1, 0.15) is 26.7 Å². The molecule has 0 radical (unpaired) electrons. The van der Waals surface area contributed by atoms with E-state index in [9.17, 15) is 14.4 Å². The molecule has 1 heterocycles. The van der Waals surface area contributed by atoms with Crippen LogP contribution < -0.4 is 10.6 Å². The van der Waals surface area contributed by atoms with E-state index in [4.69, 9.17) is 4.74 Å². The highest BCUT2D eigenvalue weighted by Gasteiger charge is 2.41. The molecule has 84 valence electrons. The van der Waals surface area contributed by atoms with E-state index >= 15 is 0 Å². The fraction of sp³-hybridized carbons (Fsp3) is 0.667. The summed E-state index contributed by atoms with van der Waals surface area (Å²) in [6.07, 6.45) is 0.349. The first-order valence-corrected chi connectivity index (χ1v) is 4.77. The highest BCUT2D eigenvalue weighted by atomic mass is 16.5. The van der Waals surface area contributed by atoms with Crippen molar-refractivity contribution in [1.82, 2.24) is 10.6 Å². The highest BCUT2D eigenvalue weighted by Crippen LogP contribution is 2.16. The number of ether oxygens (including phenoxy) is 1. The van der Waals surface area contributed by atoms with Gasteiger partial charge in [-0.1, -0.05) is 0 Å². The van der Waals surface area contributed by atoms with Crippen LogP contribution in [0.25, 0.3) is 0 Å². The van der Waals surface area contributed by atoms with Gasteiger partial charge in [0, 0.05) is 6.42 Å². The molecular weight excluding hydrogens is 200 g/mol. The molecule has 1 rings (SSSR count). The number of rotatable bonds is 4. The topological polar surface area (TPSA) is 84.5 Å². The Morgan fingerprint density at radius 3 is 2.60 bits per heavy atom. The first-order valence-electron chi connectivity index (χ1n) is 4.77. The first kappa shape index (κ1) is 11.5. The summed E-state index contributed by atoms with van der Waals surface area (Å²) in [5, 5.41) is 4.59. The molecule has 1 atom stereocenters. The van der Waals surface area contributed by atoms with Crippen molar-refractivity contribution in [3.05, 3.63) is 0 Å². The second kappa shape index (κ2) is 4.29. The van der Waals surface area contributed by atoms with Crippen molar-refractivity contribution >= 4 is 17.9 Å². The molecule has 6 heteroatoms. The van der Waals surface area contributed by atoms with Gasteiger partial charge in [-0.3, -0.25) is 14.9 Å². The molecule has 0 aliphatic carbocycles. The van der Waals surface area contributed by atoms with Crippen LogP contribution in [0, 0.1) is 0 Å². The van der Waals surface area contributed by atoms with E-state index in [1.165, 1.54) is 0 Å². The minimum absolute atomic E-state index is 0.109. The Labute approximate surface area is 87.4 Å². The Bertz CT molecular complexity index is 302. The molecule has 1 fully saturated rings. The zero-order valence-corrected chi connectivity index (χ0v) is 8.75. The van der Waals surface area contributed by atoms with Crippen LogP contribution in [0.4, 0.5) is 4.79 Å². The van der Waals surface area contributed by atoms with Gasteiger partial charge in [-0.25, -0.2) is 4.79 Å². The zero-order valence-electron chi connectivity index (χ0n) is 8.75. The number of carbonyl (C=O) groups is 3. The molecular formula is C9H14N2O4. The van der Waals surface area contributed by atoms with E-state index in [0.717, 1.165) is 0 Å². The maximum atomic E-state index is 11.3. The normalized spacial score (nSPS) is 24.7. The third-order valence-corrected chi connectivity index (χ3v) is 2.25. The van der Waals surface area contributed by atoms with Crippen molar-refractivity contribution in [2.75, 3.05) is 6.61 Å². The molecule has 6 nitrogen and oxygen atoms in total. The van der Waals surface area contributed by atoms with Crippen LogP contribution in [0.2, 0.25) is 0 Å². The van der Waals surface area contributed by atoms with E-state index in [-0.39, 0.29) is 18.8 Å². The molecule has 0 aromatic carbocycles. The summed E-state index contributed by atoms with van der Waals surface area (Å²) < 4.78 is 4.73. The molecule has 0 aromatic rings. The standard InChI is InChI=1S/C9H14N2O4/c1-3-15-6(12)4-5-9(2)7(13)10-8(14)11-9/h3-5H2,1-2H3,(H2,10,11,13,14)/t9-/m1/s1. The summed E-state index contributed by atoms with van der Waals surface area (Å²) in [7, 11) is 0. The Kier molecular flexibility index (Phi) is 3.28. The second-order valence-corrected chi connectivity index (χ2v) is 3.55. The average molecular weight is 214 g/mol. The lowest BCUT2D eigenvalue weighted by atomic mass is 9.96. The van der Waals surface area contributed by atoms with Crippen molar-refractivity contribution in [2.24, 2.45) is 0 Å². The number of carbonyl (C=O) groups excluding carboxylic acids is 3. The van der Waals surface area contributed by atoms with E-state index in [2.05, 4.69) is 10.6 Å². The number of nitrogens with one attached hydrogen (secondary N) is 2. The van der Waals surface area contributed by atoms with Gasteiger partial charge in [0.25, 0.3) is 5.91 Å². The Hall–Kier alpha value is -1.59. The van der Waals surface area contributed by atoms with Gasteiger partial charge in [-0.05, 0) is 20.3 Å². The minimum Gasteiger partial charge on any atom is -0.466 e. The average Bonchev–Trinajstić information content (AvgIpc) is 2.39. The van der Waals surface area contributed by atoms with Crippen molar-refractivity contribution in [1.29, 1.82) is 0 Å². The molecule has 0 saturated carbocycles. The number of urea groups is 1. The molecule has 0 bridgehead atoms. The maximum Gasteiger partial charge on any atom is 0.322 e. The Balaban J connectivity index is 2.47. The van der Waals surface area contributed by atoms with Crippen LogP contribution in [-0.2, 0) is 14.3 Å². The van der Waals surface area contributed by atoms with Crippen molar-refractivity contribution in [3.8, 4) is 0 Å². The molecule has 1 aliphatic rings. The van der Waals surface area contributed by atoms with Crippen LogP contribution in [0.3, 0.4) is 0 Å². The molecule has 1 aliphatic heterocycles. The number of imide groups is 1. The predicted octanol–water partition coefficient (Wildman–Crippen LogP) is -0.0722. The molecule has 1 saturated heterocycles. The minimum atomic E-state index is -0.996. The number of esters is 1. The van der Waals surface area contributed by atoms with Gasteiger partial charge >= 0.3 is 12.0 Å². The number of hydrogen-bond donors (Lipinski definition) is 2. The zero-order chi connectivity index (χ0) is 11.5. The van der Waals surface area contributed by atoms with E-state index < -0.39 is 17.5 Å². The summed E-state index contributed by atoms with van der Waals surface area (Å²) in [4.78, 5) is 33.3. The van der Waals surface area contributed by atoms with Crippen LogP contribution >= 0.6 is 0 Å². The van der Waals surface area contributed by atoms with E-state index in [1.54, 1.807) is 13.8 Å². The Morgan fingerprint density at radius 2 is 2.13 bits per heavy atom. The summed E-state index contributed by atoms with van der Waals surface area (Å²) in [5.41, 5.74) is -0.996. The predicted molar refractivity (Wildman–Crippen MR) is 50.9 cm³/mol. The van der Waals surface area contributed by atoms with Crippen molar-refractivity contribution < 1.29 is 19.1 Å². The van der Waals surface area contributed by atoms with Crippen LogP contribution in [0.15, 0.2) is 0 Å². The second-order valence-electron chi connectivity index (χ2n) is 3.55. The lowest BCUT2D eigenvalue weighted by molar-refractivity contribution is -0.143. The quantitative estimate of drug-likeness (QED) is 0.506. The maximum absolute atomic E-state index is 11.3. The third-order valence-electron chi connectivity index (χ3n) is 2.25. The lowest BCUT2D eigenvalue weighted by Crippen LogP contribution is -2.44. The summed E-state index contributed by atoms with van der Waals surface area (Å²) >= 11 is 0. The third kappa shape index (κ3) is 2.68. The lowest BCUT2D eigenvalue weighted by Gasteiger charge is -2.19. The molecule has 3 amide bonds. The molecule has 0 spiro atoms. The smallest absolute Gasteiger partial charge is 0.322 e. The summed E-state index contributed by atoms with van der Waals surface area (Å²) in [6.45, 7) is 3.60. The van der Waals surface area contributed by atoms with Gasteiger partial charge in [0.15, 0.2) is 0 Å². The summed E-state index contributed by atoms with van der Waals surface area (Å²) in [5.74, 6) is -0.774.